The van der Waals surface area contributed by atoms with E-state index >= 15 is 0 Å². The van der Waals surface area contributed by atoms with Crippen LogP contribution in [-0.4, -0.2) is 37.6 Å². The predicted octanol–water partition coefficient (Wildman–Crippen LogP) is 1.03. The number of para-hydroxylation sites is 1. The molecular weight excluding hydrogens is 280 g/mol. The molecule has 7 nitrogen and oxygen atoms in total. The molecule has 22 heavy (non-hydrogen) atoms. The molecule has 0 saturated heterocycles. The van der Waals surface area contributed by atoms with Gasteiger partial charge in [0, 0.05) is 18.9 Å². The average Bonchev–Trinajstić information content (AvgIpc) is 3.10. The molecule has 1 amide bonds. The highest BCUT2D eigenvalue weighted by Gasteiger charge is 2.12. The first-order chi connectivity index (χ1) is 10.8. The van der Waals surface area contributed by atoms with Crippen LogP contribution in [-0.2, 0) is 6.42 Å². The number of rotatable bonds is 5. The fourth-order valence-electron chi connectivity index (χ4n) is 2.10. The summed E-state index contributed by atoms with van der Waals surface area (Å²) in [5.74, 6) is -0.153. The molecule has 0 aliphatic carbocycles. The number of carbonyl (C=O) groups is 1. The minimum absolute atomic E-state index is 0.153. The van der Waals surface area contributed by atoms with Crippen molar-refractivity contribution in [3.63, 3.8) is 0 Å². The molecule has 2 aromatic heterocycles. The van der Waals surface area contributed by atoms with Crippen molar-refractivity contribution in [3.05, 3.63) is 66.2 Å². The molecule has 0 spiro atoms. The van der Waals surface area contributed by atoms with Crippen molar-refractivity contribution in [2.24, 2.45) is 0 Å². The Morgan fingerprint density at radius 1 is 1.14 bits per heavy atom. The van der Waals surface area contributed by atoms with Crippen molar-refractivity contribution in [3.8, 4) is 5.69 Å². The first-order valence-corrected chi connectivity index (χ1v) is 6.84. The molecule has 110 valence electrons. The number of pyridine rings is 1. The summed E-state index contributed by atoms with van der Waals surface area (Å²) in [6.07, 6.45) is 5.69. The van der Waals surface area contributed by atoms with E-state index in [-0.39, 0.29) is 5.91 Å². The van der Waals surface area contributed by atoms with Crippen LogP contribution in [0.25, 0.3) is 5.69 Å². The van der Waals surface area contributed by atoms with E-state index in [4.69, 9.17) is 0 Å². The lowest BCUT2D eigenvalue weighted by molar-refractivity contribution is 0.0954. The topological polar surface area (TPSA) is 85.6 Å². The van der Waals surface area contributed by atoms with E-state index in [1.54, 1.807) is 24.5 Å². The fourth-order valence-corrected chi connectivity index (χ4v) is 2.10. The van der Waals surface area contributed by atoms with Gasteiger partial charge in [-0.1, -0.05) is 12.1 Å². The number of hydrogen-bond donors (Lipinski definition) is 1. The van der Waals surface area contributed by atoms with Crippen molar-refractivity contribution in [2.75, 3.05) is 6.54 Å². The van der Waals surface area contributed by atoms with Gasteiger partial charge < -0.3 is 5.32 Å². The first kappa shape index (κ1) is 13.9. The van der Waals surface area contributed by atoms with Crippen LogP contribution in [0.3, 0.4) is 0 Å². The number of nitrogens with zero attached hydrogens (tertiary/aromatic N) is 5. The fraction of sp³-hybridized carbons (Fsp3) is 0.133. The molecule has 2 heterocycles. The third-order valence-corrected chi connectivity index (χ3v) is 3.19. The lowest BCUT2D eigenvalue weighted by Gasteiger charge is -2.09. The highest BCUT2D eigenvalue weighted by Crippen LogP contribution is 2.12. The Kier molecular flexibility index (Phi) is 4.15. The van der Waals surface area contributed by atoms with Gasteiger partial charge in [0.05, 0.1) is 11.3 Å². The maximum absolute atomic E-state index is 12.3. The normalized spacial score (nSPS) is 10.4. The van der Waals surface area contributed by atoms with Gasteiger partial charge >= 0.3 is 0 Å². The summed E-state index contributed by atoms with van der Waals surface area (Å²) < 4.78 is 1.47. The molecule has 1 aromatic carbocycles. The van der Waals surface area contributed by atoms with Crippen LogP contribution in [0.4, 0.5) is 0 Å². The summed E-state index contributed by atoms with van der Waals surface area (Å²) in [7, 11) is 0. The second kappa shape index (κ2) is 6.57. The molecule has 7 heteroatoms. The number of carbonyl (C=O) groups excluding carboxylic acids is 1. The molecular formula is C15H14N6O. The van der Waals surface area contributed by atoms with E-state index < -0.39 is 0 Å². The van der Waals surface area contributed by atoms with Crippen LogP contribution in [0.15, 0.2) is 55.1 Å². The highest BCUT2D eigenvalue weighted by molar-refractivity contribution is 5.97. The van der Waals surface area contributed by atoms with Crippen LogP contribution < -0.4 is 5.32 Å². The molecule has 3 aromatic rings. The molecule has 0 aliphatic rings. The number of aromatic nitrogens is 5. The Labute approximate surface area is 127 Å². The molecule has 3 rings (SSSR count). The zero-order valence-corrected chi connectivity index (χ0v) is 11.8. The van der Waals surface area contributed by atoms with Gasteiger partial charge in [-0.25, -0.2) is 0 Å². The van der Waals surface area contributed by atoms with Gasteiger partial charge in [-0.05, 0) is 46.7 Å². The Hall–Kier alpha value is -3.09. The molecule has 1 N–H and O–H groups in total. The highest BCUT2D eigenvalue weighted by atomic mass is 16.1. The second-order valence-corrected chi connectivity index (χ2v) is 4.63. The SMILES string of the molecule is O=C(NCCc1ccncc1)c1ccccc1-n1cnnn1. The standard InChI is InChI=1S/C15H14N6O/c22-15(17-10-7-12-5-8-16-9-6-12)13-3-1-2-4-14(13)21-11-18-19-20-21/h1-6,8-9,11H,7,10H2,(H,17,22). The van der Waals surface area contributed by atoms with Crippen molar-refractivity contribution >= 4 is 5.91 Å². The van der Waals surface area contributed by atoms with Gasteiger partial charge in [0.15, 0.2) is 0 Å². The largest absolute Gasteiger partial charge is 0.352 e. The number of amides is 1. The van der Waals surface area contributed by atoms with Crippen molar-refractivity contribution < 1.29 is 4.79 Å². The quantitative estimate of drug-likeness (QED) is 0.759. The summed E-state index contributed by atoms with van der Waals surface area (Å²) in [6, 6.07) is 11.1. The van der Waals surface area contributed by atoms with E-state index in [1.165, 1.54) is 11.0 Å². The monoisotopic (exact) mass is 294 g/mol. The maximum atomic E-state index is 12.3. The molecule has 0 aliphatic heterocycles. The van der Waals surface area contributed by atoms with E-state index in [0.717, 1.165) is 12.0 Å². The van der Waals surface area contributed by atoms with Gasteiger partial charge in [-0.2, -0.15) is 4.68 Å². The zero-order valence-electron chi connectivity index (χ0n) is 11.8. The van der Waals surface area contributed by atoms with Crippen molar-refractivity contribution in [1.29, 1.82) is 0 Å². The minimum atomic E-state index is -0.153. The number of benzene rings is 1. The van der Waals surface area contributed by atoms with E-state index in [2.05, 4.69) is 25.8 Å². The maximum Gasteiger partial charge on any atom is 0.253 e. The van der Waals surface area contributed by atoms with Crippen LogP contribution in [0, 0.1) is 0 Å². The molecule has 0 unspecified atom stereocenters. The molecule has 0 radical (unpaired) electrons. The van der Waals surface area contributed by atoms with E-state index in [0.29, 0.717) is 17.8 Å². The third-order valence-electron chi connectivity index (χ3n) is 3.19. The van der Waals surface area contributed by atoms with Gasteiger partial charge in [-0.3, -0.25) is 9.78 Å². The van der Waals surface area contributed by atoms with Gasteiger partial charge in [0.2, 0.25) is 0 Å². The van der Waals surface area contributed by atoms with E-state index in [9.17, 15) is 4.79 Å². The number of tetrazole rings is 1. The van der Waals surface area contributed by atoms with Crippen LogP contribution in [0.5, 0.6) is 0 Å². The van der Waals surface area contributed by atoms with Crippen LogP contribution in [0.1, 0.15) is 15.9 Å². The summed E-state index contributed by atoms with van der Waals surface area (Å²) in [5.41, 5.74) is 2.31. The Bertz CT molecular complexity index is 742. The Morgan fingerprint density at radius 3 is 2.73 bits per heavy atom. The minimum Gasteiger partial charge on any atom is -0.352 e. The number of hydrogen-bond acceptors (Lipinski definition) is 5. The van der Waals surface area contributed by atoms with Gasteiger partial charge in [0.25, 0.3) is 5.91 Å². The summed E-state index contributed by atoms with van der Waals surface area (Å²) in [6.45, 7) is 0.548. The van der Waals surface area contributed by atoms with Crippen LogP contribution >= 0.6 is 0 Å². The second-order valence-electron chi connectivity index (χ2n) is 4.63. The summed E-state index contributed by atoms with van der Waals surface area (Å²) in [5, 5.41) is 13.9. The predicted molar refractivity (Wildman–Crippen MR) is 79.4 cm³/mol. The van der Waals surface area contributed by atoms with Crippen molar-refractivity contribution in [2.45, 2.75) is 6.42 Å². The molecule has 0 bridgehead atoms. The van der Waals surface area contributed by atoms with Gasteiger partial charge in [0.1, 0.15) is 6.33 Å². The number of nitrogens with one attached hydrogen (secondary N) is 1. The van der Waals surface area contributed by atoms with Gasteiger partial charge in [-0.15, -0.1) is 5.10 Å². The molecule has 0 atom stereocenters. The lowest BCUT2D eigenvalue weighted by Crippen LogP contribution is -2.26. The Balaban J connectivity index is 1.68. The first-order valence-electron chi connectivity index (χ1n) is 6.84. The lowest BCUT2D eigenvalue weighted by atomic mass is 10.1. The zero-order chi connectivity index (χ0) is 15.2. The van der Waals surface area contributed by atoms with Crippen LogP contribution in [0.2, 0.25) is 0 Å². The van der Waals surface area contributed by atoms with E-state index in [1.807, 2.05) is 24.3 Å². The molecule has 0 saturated carbocycles. The smallest absolute Gasteiger partial charge is 0.253 e. The summed E-state index contributed by atoms with van der Waals surface area (Å²) in [4.78, 5) is 16.3. The molecule has 0 fully saturated rings. The van der Waals surface area contributed by atoms with Crippen molar-refractivity contribution in [1.82, 2.24) is 30.5 Å². The average molecular weight is 294 g/mol. The summed E-state index contributed by atoms with van der Waals surface area (Å²) >= 11 is 0. The third kappa shape index (κ3) is 3.14. The Morgan fingerprint density at radius 2 is 1.95 bits per heavy atom.